The molecule has 0 bridgehead atoms. The van der Waals surface area contributed by atoms with E-state index in [1.807, 2.05) is 19.9 Å². The van der Waals surface area contributed by atoms with E-state index in [-0.39, 0.29) is 21.5 Å². The highest BCUT2D eigenvalue weighted by Gasteiger charge is 2.44. The average Bonchev–Trinajstić information content (AvgIpc) is 2.94. The Hall–Kier alpha value is -2.98. The van der Waals surface area contributed by atoms with E-state index in [2.05, 4.69) is 4.90 Å². The second kappa shape index (κ2) is 8.64. The number of hydrogen-bond donors (Lipinski definition) is 1. The normalized spacial score (nSPS) is 15.8. The molecule has 7 nitrogen and oxygen atoms in total. The van der Waals surface area contributed by atoms with Gasteiger partial charge in [-0.1, -0.05) is 0 Å². The molecular formula is C21H22FN3O4S2. The first-order chi connectivity index (χ1) is 14.6. The first-order valence-electron chi connectivity index (χ1n) is 9.54. The molecule has 2 aromatic rings. The molecule has 0 saturated carbocycles. The third-order valence-corrected chi connectivity index (χ3v) is 7.27. The number of anilines is 1. The Balaban J connectivity index is 1.99. The molecule has 0 spiro atoms. The summed E-state index contributed by atoms with van der Waals surface area (Å²) in [6.45, 7) is 5.53. The molecular weight excluding hydrogens is 441 g/mol. The summed E-state index contributed by atoms with van der Waals surface area (Å²) in [4.78, 5) is 16.0. The maximum absolute atomic E-state index is 13.2. The third-order valence-electron chi connectivity index (χ3n) is 5.01. The van der Waals surface area contributed by atoms with Crippen LogP contribution in [0.4, 0.5) is 10.1 Å². The summed E-state index contributed by atoms with van der Waals surface area (Å²) in [6, 6.07) is 9.17. The number of carbonyl (C=O) groups excluding carboxylic acids is 1. The van der Waals surface area contributed by atoms with Crippen LogP contribution in [0.3, 0.4) is 0 Å². The summed E-state index contributed by atoms with van der Waals surface area (Å²) < 4.78 is 39.6. The van der Waals surface area contributed by atoms with Gasteiger partial charge < -0.3 is 14.9 Å². The van der Waals surface area contributed by atoms with E-state index < -0.39 is 21.7 Å². The number of benzene rings is 2. The van der Waals surface area contributed by atoms with Gasteiger partial charge in [-0.25, -0.2) is 12.8 Å². The third kappa shape index (κ3) is 4.13. The summed E-state index contributed by atoms with van der Waals surface area (Å²) in [5, 5.41) is 10.2. The number of aromatic hydroxyl groups is 1. The number of rotatable bonds is 6. The zero-order chi connectivity index (χ0) is 22.9. The molecule has 164 valence electrons. The molecule has 1 N–H and O–H groups in total. The molecule has 0 radical (unpaired) electrons. The number of carbonyl (C=O) groups is 1. The van der Waals surface area contributed by atoms with Crippen LogP contribution in [0.25, 0.3) is 6.08 Å². The van der Waals surface area contributed by atoms with Gasteiger partial charge in [-0.2, -0.15) is 4.31 Å². The highest BCUT2D eigenvalue weighted by molar-refractivity contribution is 7.92. The van der Waals surface area contributed by atoms with Crippen LogP contribution in [-0.2, 0) is 14.8 Å². The van der Waals surface area contributed by atoms with Crippen molar-refractivity contribution in [3.63, 3.8) is 0 Å². The Labute approximate surface area is 186 Å². The summed E-state index contributed by atoms with van der Waals surface area (Å²) in [6.07, 6.45) is 1.39. The molecule has 2 aromatic carbocycles. The van der Waals surface area contributed by atoms with Crippen LogP contribution in [0.15, 0.2) is 53.1 Å². The number of nitrogens with zero attached hydrogens (tertiary/aromatic N) is 3. The first kappa shape index (κ1) is 22.7. The minimum absolute atomic E-state index is 0.0124. The lowest BCUT2D eigenvalue weighted by Gasteiger charge is -2.21. The predicted molar refractivity (Wildman–Crippen MR) is 120 cm³/mol. The molecule has 31 heavy (non-hydrogen) atoms. The Bertz CT molecular complexity index is 1160. The van der Waals surface area contributed by atoms with Gasteiger partial charge in [-0.05, 0) is 68.5 Å². The first-order valence-corrected chi connectivity index (χ1v) is 11.4. The highest BCUT2D eigenvalue weighted by Crippen LogP contribution is 2.31. The summed E-state index contributed by atoms with van der Waals surface area (Å²) >= 11 is 5.19. The maximum atomic E-state index is 13.2. The fourth-order valence-electron chi connectivity index (χ4n) is 3.24. The van der Waals surface area contributed by atoms with Crippen molar-refractivity contribution >= 4 is 45.0 Å². The van der Waals surface area contributed by atoms with Crippen molar-refractivity contribution in [2.24, 2.45) is 0 Å². The monoisotopic (exact) mass is 463 g/mol. The van der Waals surface area contributed by atoms with Crippen LogP contribution in [0.1, 0.15) is 19.4 Å². The Morgan fingerprint density at radius 2 is 1.74 bits per heavy atom. The minimum atomic E-state index is -4.32. The Morgan fingerprint density at radius 1 is 1.13 bits per heavy atom. The fraction of sp³-hybridized carbons (Fsp3) is 0.238. The number of phenolic OH excluding ortho intramolecular Hbond substituents is 1. The fourth-order valence-corrected chi connectivity index (χ4v) is 5.05. The topological polar surface area (TPSA) is 81.2 Å². The van der Waals surface area contributed by atoms with Gasteiger partial charge in [0.2, 0.25) is 0 Å². The van der Waals surface area contributed by atoms with Crippen LogP contribution in [0.2, 0.25) is 0 Å². The zero-order valence-electron chi connectivity index (χ0n) is 17.2. The molecule has 1 amide bonds. The van der Waals surface area contributed by atoms with Gasteiger partial charge in [0.25, 0.3) is 15.9 Å². The van der Waals surface area contributed by atoms with Crippen molar-refractivity contribution in [1.29, 1.82) is 0 Å². The molecule has 1 heterocycles. The second-order valence-electron chi connectivity index (χ2n) is 6.82. The summed E-state index contributed by atoms with van der Waals surface area (Å²) in [5.41, 5.74) is 1.16. The molecule has 0 atom stereocenters. The van der Waals surface area contributed by atoms with Gasteiger partial charge in [0.15, 0.2) is 5.11 Å². The van der Waals surface area contributed by atoms with E-state index in [1.165, 1.54) is 18.0 Å². The largest absolute Gasteiger partial charge is 0.507 e. The van der Waals surface area contributed by atoms with E-state index in [0.29, 0.717) is 9.87 Å². The minimum Gasteiger partial charge on any atom is -0.507 e. The van der Waals surface area contributed by atoms with Crippen LogP contribution in [-0.4, -0.2) is 53.9 Å². The van der Waals surface area contributed by atoms with E-state index in [0.717, 1.165) is 43.0 Å². The van der Waals surface area contributed by atoms with Crippen LogP contribution in [0, 0.1) is 5.82 Å². The van der Waals surface area contributed by atoms with Gasteiger partial charge in [0.1, 0.15) is 17.3 Å². The highest BCUT2D eigenvalue weighted by atomic mass is 32.2. The van der Waals surface area contributed by atoms with Crippen LogP contribution in [0.5, 0.6) is 5.75 Å². The number of amides is 1. The maximum Gasteiger partial charge on any atom is 0.290 e. The van der Waals surface area contributed by atoms with Crippen LogP contribution >= 0.6 is 12.2 Å². The standard InChI is InChI=1S/C21H22FN3O4S2/c1-4-24(5-2)16-9-6-14(19(26)13-16)12-18-20(27)25(21(30)23(18)3)31(28,29)17-10-7-15(22)8-11-17/h6-13,26H,4-5H2,1-3H3/b18-12+. The SMILES string of the molecule is CCN(CC)c1ccc(/C=C2\C(=O)N(S(=O)(=O)c3ccc(F)cc3)C(=S)N2C)c(O)c1. The van der Waals surface area contributed by atoms with Crippen LogP contribution < -0.4 is 4.90 Å². The van der Waals surface area contributed by atoms with Crippen molar-refractivity contribution in [3.05, 3.63) is 59.5 Å². The van der Waals surface area contributed by atoms with Crippen molar-refractivity contribution < 1.29 is 22.7 Å². The number of thiocarbonyl (C=S) groups is 1. The van der Waals surface area contributed by atoms with Gasteiger partial charge in [-0.15, -0.1) is 0 Å². The second-order valence-corrected chi connectivity index (χ2v) is 8.97. The number of likely N-dealkylation sites (N-methyl/N-ethyl adjacent to an activating group) is 1. The smallest absolute Gasteiger partial charge is 0.290 e. The van der Waals surface area contributed by atoms with E-state index >= 15 is 0 Å². The lowest BCUT2D eigenvalue weighted by molar-refractivity contribution is -0.119. The van der Waals surface area contributed by atoms with E-state index in [9.17, 15) is 22.7 Å². The molecule has 0 aromatic heterocycles. The molecule has 10 heteroatoms. The van der Waals surface area contributed by atoms with Gasteiger partial charge in [0, 0.05) is 37.5 Å². The number of phenols is 1. The van der Waals surface area contributed by atoms with Gasteiger partial charge in [0.05, 0.1) is 4.90 Å². The molecule has 3 rings (SSSR count). The Morgan fingerprint density at radius 3 is 2.29 bits per heavy atom. The van der Waals surface area contributed by atoms with Crippen molar-refractivity contribution in [3.8, 4) is 5.75 Å². The lowest BCUT2D eigenvalue weighted by Crippen LogP contribution is -2.37. The van der Waals surface area contributed by atoms with Crippen molar-refractivity contribution in [2.45, 2.75) is 18.7 Å². The van der Waals surface area contributed by atoms with E-state index in [1.54, 1.807) is 12.1 Å². The molecule has 1 fully saturated rings. The average molecular weight is 464 g/mol. The quantitative estimate of drug-likeness (QED) is 0.521. The summed E-state index contributed by atoms with van der Waals surface area (Å²) in [7, 11) is -2.86. The number of hydrogen-bond acceptors (Lipinski definition) is 6. The molecule has 1 aliphatic rings. The van der Waals surface area contributed by atoms with E-state index in [4.69, 9.17) is 12.2 Å². The zero-order valence-corrected chi connectivity index (χ0v) is 18.9. The Kier molecular flexibility index (Phi) is 6.33. The predicted octanol–water partition coefficient (Wildman–Crippen LogP) is 3.17. The summed E-state index contributed by atoms with van der Waals surface area (Å²) in [5.74, 6) is -1.51. The molecule has 0 aliphatic carbocycles. The van der Waals surface area contributed by atoms with Crippen molar-refractivity contribution in [1.82, 2.24) is 9.21 Å². The molecule has 1 saturated heterocycles. The van der Waals surface area contributed by atoms with Gasteiger partial charge >= 0.3 is 0 Å². The van der Waals surface area contributed by atoms with Gasteiger partial charge in [-0.3, -0.25) is 4.79 Å². The number of halogens is 1. The van der Waals surface area contributed by atoms with Crippen molar-refractivity contribution in [2.75, 3.05) is 25.0 Å². The number of sulfonamides is 1. The lowest BCUT2D eigenvalue weighted by atomic mass is 10.1. The molecule has 1 aliphatic heterocycles. The molecule has 0 unspecified atom stereocenters.